The van der Waals surface area contributed by atoms with Crippen LogP contribution in [0.4, 0.5) is 0 Å². The third kappa shape index (κ3) is 1.41. The molecule has 1 saturated carbocycles. The van der Waals surface area contributed by atoms with Gasteiger partial charge in [0.15, 0.2) is 0 Å². The van der Waals surface area contributed by atoms with E-state index in [0.717, 1.165) is 12.8 Å². The maximum atomic E-state index is 11.4. The summed E-state index contributed by atoms with van der Waals surface area (Å²) in [6, 6.07) is 0. The highest BCUT2D eigenvalue weighted by molar-refractivity contribution is 5.92. The van der Waals surface area contributed by atoms with Gasteiger partial charge in [-0.15, -0.1) is 0 Å². The molecule has 2 unspecified atom stereocenters. The van der Waals surface area contributed by atoms with Gasteiger partial charge in [-0.3, -0.25) is 4.79 Å². The second kappa shape index (κ2) is 2.72. The normalized spacial score (nSPS) is 35.0. The van der Waals surface area contributed by atoms with Crippen molar-refractivity contribution in [2.75, 3.05) is 0 Å². The summed E-state index contributed by atoms with van der Waals surface area (Å²) < 4.78 is 0. The fourth-order valence-electron chi connectivity index (χ4n) is 2.24. The van der Waals surface area contributed by atoms with E-state index in [4.69, 9.17) is 0 Å². The van der Waals surface area contributed by atoms with Crippen molar-refractivity contribution < 1.29 is 4.79 Å². The predicted octanol–water partition coefficient (Wildman–Crippen LogP) is 1.79. The number of nitrogens with one attached hydrogen (secondary N) is 1. The minimum Gasteiger partial charge on any atom is -0.343 e. The van der Waals surface area contributed by atoms with E-state index in [9.17, 15) is 4.79 Å². The van der Waals surface area contributed by atoms with E-state index < -0.39 is 0 Å². The molecule has 1 fully saturated rings. The lowest BCUT2D eigenvalue weighted by Crippen LogP contribution is -2.44. The van der Waals surface area contributed by atoms with Gasteiger partial charge in [0, 0.05) is 5.57 Å². The molecule has 0 heterocycles. The fraction of sp³-hybridized carbons (Fsp3) is 0.545. The molecule has 2 heteroatoms. The van der Waals surface area contributed by atoms with Crippen molar-refractivity contribution in [3.8, 4) is 0 Å². The topological polar surface area (TPSA) is 29.1 Å². The molecule has 2 atom stereocenters. The van der Waals surface area contributed by atoms with Gasteiger partial charge in [-0.05, 0) is 32.1 Å². The first kappa shape index (κ1) is 8.54. The Morgan fingerprint density at radius 2 is 2.46 bits per heavy atom. The fourth-order valence-corrected chi connectivity index (χ4v) is 2.24. The summed E-state index contributed by atoms with van der Waals surface area (Å²) in [5.74, 6) is 0.692. The number of fused-ring (bicyclic) bond motifs is 2. The standard InChI is InChI=1S/C11H15NO/c1-8(2)10(13)12-11-5-3-9(7-11)4-6-11/h3,5,9H,1,4,6-7H2,2H3,(H,12,13). The lowest BCUT2D eigenvalue weighted by molar-refractivity contribution is -0.118. The van der Waals surface area contributed by atoms with Gasteiger partial charge in [0.05, 0.1) is 5.54 Å². The number of allylic oxidation sites excluding steroid dienone is 1. The Morgan fingerprint density at radius 3 is 2.85 bits per heavy atom. The summed E-state index contributed by atoms with van der Waals surface area (Å²) in [4.78, 5) is 11.4. The Morgan fingerprint density at radius 1 is 1.69 bits per heavy atom. The number of hydrogen-bond donors (Lipinski definition) is 1. The van der Waals surface area contributed by atoms with Crippen molar-refractivity contribution in [3.63, 3.8) is 0 Å². The molecular weight excluding hydrogens is 162 g/mol. The first-order chi connectivity index (χ1) is 6.11. The highest BCUT2D eigenvalue weighted by Gasteiger charge is 2.41. The molecule has 2 bridgehead atoms. The number of rotatable bonds is 2. The summed E-state index contributed by atoms with van der Waals surface area (Å²) in [5, 5.41) is 3.06. The van der Waals surface area contributed by atoms with Crippen molar-refractivity contribution in [2.24, 2.45) is 5.92 Å². The molecule has 13 heavy (non-hydrogen) atoms. The first-order valence-electron chi connectivity index (χ1n) is 4.79. The molecule has 0 aromatic heterocycles. The van der Waals surface area contributed by atoms with Crippen molar-refractivity contribution >= 4 is 5.91 Å². The molecule has 2 rings (SSSR count). The number of amides is 1. The van der Waals surface area contributed by atoms with Crippen molar-refractivity contribution in [1.29, 1.82) is 0 Å². The smallest absolute Gasteiger partial charge is 0.246 e. The van der Waals surface area contributed by atoms with Crippen LogP contribution in [0.2, 0.25) is 0 Å². The molecule has 0 saturated heterocycles. The van der Waals surface area contributed by atoms with Crippen molar-refractivity contribution in [2.45, 2.75) is 31.7 Å². The first-order valence-corrected chi connectivity index (χ1v) is 4.79. The average Bonchev–Trinajstić information content (AvgIpc) is 2.62. The zero-order valence-corrected chi connectivity index (χ0v) is 7.97. The van der Waals surface area contributed by atoms with Gasteiger partial charge < -0.3 is 5.32 Å². The van der Waals surface area contributed by atoms with Gasteiger partial charge in [0.1, 0.15) is 0 Å². The minimum absolute atomic E-state index is 0.00722. The van der Waals surface area contributed by atoms with Gasteiger partial charge in [-0.25, -0.2) is 0 Å². The van der Waals surface area contributed by atoms with Crippen LogP contribution >= 0.6 is 0 Å². The molecule has 0 aromatic carbocycles. The Balaban J connectivity index is 2.06. The third-order valence-corrected chi connectivity index (χ3v) is 3.03. The van der Waals surface area contributed by atoms with Crippen LogP contribution in [0.1, 0.15) is 26.2 Å². The largest absolute Gasteiger partial charge is 0.343 e. The number of carbonyl (C=O) groups excluding carboxylic acids is 1. The Bertz CT molecular complexity index is 292. The van der Waals surface area contributed by atoms with Crippen LogP contribution < -0.4 is 5.32 Å². The summed E-state index contributed by atoms with van der Waals surface area (Å²) >= 11 is 0. The highest BCUT2D eigenvalue weighted by Crippen LogP contribution is 2.42. The highest BCUT2D eigenvalue weighted by atomic mass is 16.1. The molecule has 0 aromatic rings. The van der Waals surface area contributed by atoms with Crippen molar-refractivity contribution in [3.05, 3.63) is 24.3 Å². The molecule has 0 radical (unpaired) electrons. The quantitative estimate of drug-likeness (QED) is 0.505. The number of hydrogen-bond acceptors (Lipinski definition) is 1. The summed E-state index contributed by atoms with van der Waals surface area (Å²) in [6.07, 6.45) is 7.77. The van der Waals surface area contributed by atoms with E-state index >= 15 is 0 Å². The molecule has 2 aliphatic carbocycles. The molecule has 1 N–H and O–H groups in total. The summed E-state index contributed by atoms with van der Waals surface area (Å²) in [6.45, 7) is 5.39. The Hall–Kier alpha value is -1.05. The van der Waals surface area contributed by atoms with Gasteiger partial charge in [0.2, 0.25) is 5.91 Å². The number of carbonyl (C=O) groups is 1. The van der Waals surface area contributed by atoms with Gasteiger partial charge in [-0.1, -0.05) is 18.7 Å². The molecule has 70 valence electrons. The molecule has 2 aliphatic rings. The monoisotopic (exact) mass is 177 g/mol. The van der Waals surface area contributed by atoms with Crippen LogP contribution in [0, 0.1) is 5.92 Å². The second-order valence-corrected chi connectivity index (χ2v) is 4.25. The van der Waals surface area contributed by atoms with Crippen LogP contribution in [0.3, 0.4) is 0 Å². The molecule has 0 spiro atoms. The lowest BCUT2D eigenvalue weighted by atomic mass is 9.99. The SMILES string of the molecule is C=C(C)C(=O)NC12C=CC(CC1)C2. The van der Waals surface area contributed by atoms with E-state index in [1.54, 1.807) is 6.92 Å². The Kier molecular flexibility index (Phi) is 1.79. The minimum atomic E-state index is -0.0271. The van der Waals surface area contributed by atoms with Crippen LogP contribution in [-0.2, 0) is 4.79 Å². The van der Waals surface area contributed by atoms with Gasteiger partial charge in [-0.2, -0.15) is 0 Å². The van der Waals surface area contributed by atoms with Gasteiger partial charge in [0.25, 0.3) is 0 Å². The second-order valence-electron chi connectivity index (χ2n) is 4.25. The maximum Gasteiger partial charge on any atom is 0.246 e. The predicted molar refractivity (Wildman–Crippen MR) is 52.2 cm³/mol. The molecule has 0 aliphatic heterocycles. The molecule has 2 nitrogen and oxygen atoms in total. The molecular formula is C11H15NO. The van der Waals surface area contributed by atoms with E-state index in [2.05, 4.69) is 24.0 Å². The van der Waals surface area contributed by atoms with E-state index in [0.29, 0.717) is 11.5 Å². The third-order valence-electron chi connectivity index (χ3n) is 3.03. The van der Waals surface area contributed by atoms with E-state index in [-0.39, 0.29) is 11.4 Å². The van der Waals surface area contributed by atoms with Crippen LogP contribution in [-0.4, -0.2) is 11.4 Å². The summed E-state index contributed by atoms with van der Waals surface area (Å²) in [7, 11) is 0. The van der Waals surface area contributed by atoms with E-state index in [1.165, 1.54) is 6.42 Å². The lowest BCUT2D eigenvalue weighted by Gasteiger charge is -2.25. The average molecular weight is 177 g/mol. The van der Waals surface area contributed by atoms with Crippen LogP contribution in [0.25, 0.3) is 0 Å². The summed E-state index contributed by atoms with van der Waals surface area (Å²) in [5.41, 5.74) is 0.568. The van der Waals surface area contributed by atoms with Crippen LogP contribution in [0.15, 0.2) is 24.3 Å². The van der Waals surface area contributed by atoms with Crippen molar-refractivity contribution in [1.82, 2.24) is 5.32 Å². The van der Waals surface area contributed by atoms with Crippen LogP contribution in [0.5, 0.6) is 0 Å². The zero-order chi connectivity index (χ0) is 9.47. The van der Waals surface area contributed by atoms with Gasteiger partial charge >= 0.3 is 0 Å². The Labute approximate surface area is 78.7 Å². The molecule has 1 amide bonds. The van der Waals surface area contributed by atoms with E-state index in [1.807, 2.05) is 0 Å². The zero-order valence-electron chi connectivity index (χ0n) is 7.97. The maximum absolute atomic E-state index is 11.4.